The third-order valence-electron chi connectivity index (χ3n) is 5.33. The molecule has 0 aliphatic rings. The largest absolute Gasteiger partial charge is 0.384 e. The number of halogens is 3. The molecule has 176 valence electrons. The second-order valence-corrected chi connectivity index (χ2v) is 11.7. The van der Waals surface area contributed by atoms with Gasteiger partial charge in [-0.2, -0.15) is 5.10 Å². The molecule has 1 N–H and O–H groups in total. The summed E-state index contributed by atoms with van der Waals surface area (Å²) >= 11 is 19.6. The van der Waals surface area contributed by atoms with Gasteiger partial charge in [0.05, 0.1) is 31.4 Å². The van der Waals surface area contributed by atoms with E-state index in [9.17, 15) is 13.5 Å². The van der Waals surface area contributed by atoms with Crippen molar-refractivity contribution < 1.29 is 13.5 Å². The monoisotopic (exact) mass is 534 g/mol. The standard InChI is InChI=1S/C25H21Cl3N2O3S/c1-25(2,31)23-14-22(30(29-23)24-19(26)8-5-9-20(24)27)18-11-10-16(13-21(18)28)15-6-4-7-17(12-15)34(3,32)33/h4-14,31H,1-3H3. The molecule has 0 bridgehead atoms. The number of aromatic nitrogens is 2. The topological polar surface area (TPSA) is 72.2 Å². The van der Waals surface area contributed by atoms with Crippen LogP contribution in [0, 0.1) is 0 Å². The van der Waals surface area contributed by atoms with Crippen LogP contribution in [0.25, 0.3) is 28.1 Å². The van der Waals surface area contributed by atoms with Gasteiger partial charge in [-0.1, -0.05) is 65.1 Å². The number of aliphatic hydroxyl groups is 1. The van der Waals surface area contributed by atoms with Crippen LogP contribution >= 0.6 is 34.8 Å². The average molecular weight is 536 g/mol. The number of sulfone groups is 1. The van der Waals surface area contributed by atoms with Crippen LogP contribution in [0.5, 0.6) is 0 Å². The summed E-state index contributed by atoms with van der Waals surface area (Å²) < 4.78 is 25.5. The summed E-state index contributed by atoms with van der Waals surface area (Å²) in [5.74, 6) is 0. The Morgan fingerprint density at radius 1 is 0.853 bits per heavy atom. The Hall–Kier alpha value is -2.35. The molecular weight excluding hydrogens is 515 g/mol. The lowest BCUT2D eigenvalue weighted by atomic mass is 10.0. The summed E-state index contributed by atoms with van der Waals surface area (Å²) in [5, 5.41) is 16.4. The van der Waals surface area contributed by atoms with E-state index in [0.29, 0.717) is 37.7 Å². The molecule has 0 atom stereocenters. The van der Waals surface area contributed by atoms with Crippen LogP contribution in [0.4, 0.5) is 0 Å². The second-order valence-electron chi connectivity index (χ2n) is 8.45. The molecule has 0 fully saturated rings. The van der Waals surface area contributed by atoms with E-state index >= 15 is 0 Å². The second kappa shape index (κ2) is 9.02. The third-order valence-corrected chi connectivity index (χ3v) is 7.36. The van der Waals surface area contributed by atoms with E-state index < -0.39 is 15.4 Å². The molecule has 0 unspecified atom stereocenters. The highest BCUT2D eigenvalue weighted by Crippen LogP contribution is 2.38. The fraction of sp³-hybridized carbons (Fsp3) is 0.160. The number of hydrogen-bond donors (Lipinski definition) is 1. The zero-order valence-electron chi connectivity index (χ0n) is 18.6. The van der Waals surface area contributed by atoms with E-state index in [2.05, 4.69) is 5.10 Å². The van der Waals surface area contributed by atoms with Crippen molar-refractivity contribution in [3.63, 3.8) is 0 Å². The van der Waals surface area contributed by atoms with Crippen LogP contribution < -0.4 is 0 Å². The predicted molar refractivity (Wildman–Crippen MR) is 138 cm³/mol. The third kappa shape index (κ3) is 4.88. The lowest BCUT2D eigenvalue weighted by molar-refractivity contribution is 0.0734. The molecule has 0 amide bonds. The van der Waals surface area contributed by atoms with Gasteiger partial charge in [0.1, 0.15) is 11.3 Å². The number of rotatable bonds is 5. The normalized spacial score (nSPS) is 12.2. The Bertz CT molecular complexity index is 1490. The number of para-hydroxylation sites is 1. The van der Waals surface area contributed by atoms with Gasteiger partial charge in [0.15, 0.2) is 9.84 Å². The van der Waals surface area contributed by atoms with Gasteiger partial charge in [0.2, 0.25) is 0 Å². The molecule has 4 rings (SSSR count). The van der Waals surface area contributed by atoms with Crippen molar-refractivity contribution in [1.82, 2.24) is 9.78 Å². The van der Waals surface area contributed by atoms with Crippen LogP contribution in [0.3, 0.4) is 0 Å². The quantitative estimate of drug-likeness (QED) is 0.305. The zero-order valence-corrected chi connectivity index (χ0v) is 21.6. The Balaban J connectivity index is 1.88. The van der Waals surface area contributed by atoms with Crippen LogP contribution in [0.1, 0.15) is 19.5 Å². The smallest absolute Gasteiger partial charge is 0.175 e. The summed E-state index contributed by atoms with van der Waals surface area (Å²) in [4.78, 5) is 0.228. The summed E-state index contributed by atoms with van der Waals surface area (Å²) in [6.07, 6.45) is 1.17. The zero-order chi connectivity index (χ0) is 24.8. The maximum Gasteiger partial charge on any atom is 0.175 e. The Labute approximate surface area is 213 Å². The van der Waals surface area contributed by atoms with Gasteiger partial charge in [-0.15, -0.1) is 0 Å². The fourth-order valence-corrected chi connectivity index (χ4v) is 5.04. The highest BCUT2D eigenvalue weighted by atomic mass is 35.5. The minimum Gasteiger partial charge on any atom is -0.384 e. The van der Waals surface area contributed by atoms with Crippen molar-refractivity contribution in [3.8, 4) is 28.1 Å². The van der Waals surface area contributed by atoms with E-state index in [1.807, 2.05) is 18.2 Å². The molecule has 0 aliphatic heterocycles. The number of benzene rings is 3. The molecule has 34 heavy (non-hydrogen) atoms. The lowest BCUT2D eigenvalue weighted by Gasteiger charge is -2.14. The van der Waals surface area contributed by atoms with Crippen molar-refractivity contribution in [2.75, 3.05) is 6.26 Å². The van der Waals surface area contributed by atoms with Gasteiger partial charge in [-0.05, 0) is 61.4 Å². The van der Waals surface area contributed by atoms with Crippen molar-refractivity contribution in [2.45, 2.75) is 24.3 Å². The number of nitrogens with zero attached hydrogens (tertiary/aromatic N) is 2. The first-order valence-electron chi connectivity index (χ1n) is 10.2. The molecule has 4 aromatic rings. The molecule has 0 aliphatic carbocycles. The maximum atomic E-state index is 12.0. The van der Waals surface area contributed by atoms with Gasteiger partial charge in [0.25, 0.3) is 0 Å². The summed E-state index contributed by atoms with van der Waals surface area (Å²) in [6, 6.07) is 19.0. The number of hydrogen-bond acceptors (Lipinski definition) is 4. The molecule has 0 saturated heterocycles. The van der Waals surface area contributed by atoms with Crippen LogP contribution in [-0.2, 0) is 15.4 Å². The van der Waals surface area contributed by atoms with E-state index in [-0.39, 0.29) is 4.90 Å². The van der Waals surface area contributed by atoms with Crippen LogP contribution in [0.15, 0.2) is 71.6 Å². The Morgan fingerprint density at radius 2 is 1.47 bits per heavy atom. The Kier molecular flexibility index (Phi) is 6.57. The van der Waals surface area contributed by atoms with Crippen LogP contribution in [0.2, 0.25) is 15.1 Å². The fourth-order valence-electron chi connectivity index (χ4n) is 3.54. The maximum absolute atomic E-state index is 12.0. The van der Waals surface area contributed by atoms with Gasteiger partial charge >= 0.3 is 0 Å². The van der Waals surface area contributed by atoms with Gasteiger partial charge in [-0.25, -0.2) is 13.1 Å². The highest BCUT2D eigenvalue weighted by Gasteiger charge is 2.25. The van der Waals surface area contributed by atoms with Crippen molar-refractivity contribution in [3.05, 3.63) is 87.5 Å². The van der Waals surface area contributed by atoms with Crippen molar-refractivity contribution >= 4 is 44.6 Å². The predicted octanol–water partition coefficient (Wildman–Crippen LogP) is 6.80. The van der Waals surface area contributed by atoms with Gasteiger partial charge in [0, 0.05) is 11.8 Å². The SMILES string of the molecule is CC(C)(O)c1cc(-c2ccc(-c3cccc(S(C)(=O)=O)c3)cc2Cl)n(-c2c(Cl)cccc2Cl)n1. The molecule has 5 nitrogen and oxygen atoms in total. The van der Waals surface area contributed by atoms with Crippen molar-refractivity contribution in [1.29, 1.82) is 0 Å². The molecule has 3 aromatic carbocycles. The first kappa shape index (κ1) is 24.8. The summed E-state index contributed by atoms with van der Waals surface area (Å²) in [6.45, 7) is 3.27. The average Bonchev–Trinajstić information content (AvgIpc) is 3.18. The molecule has 9 heteroatoms. The minimum atomic E-state index is -3.34. The molecule has 1 heterocycles. The first-order valence-corrected chi connectivity index (χ1v) is 13.3. The molecular formula is C25H21Cl3N2O3S. The minimum absolute atomic E-state index is 0.228. The van der Waals surface area contributed by atoms with E-state index in [1.165, 1.54) is 6.26 Å². The molecule has 0 saturated carbocycles. The molecule has 0 spiro atoms. The Morgan fingerprint density at radius 3 is 2.06 bits per heavy atom. The van der Waals surface area contributed by atoms with Gasteiger partial charge in [-0.3, -0.25) is 0 Å². The van der Waals surface area contributed by atoms with E-state index in [1.54, 1.807) is 67.1 Å². The summed E-state index contributed by atoms with van der Waals surface area (Å²) in [5.41, 5.74) is 2.38. The van der Waals surface area contributed by atoms with E-state index in [4.69, 9.17) is 34.8 Å². The lowest BCUT2D eigenvalue weighted by Crippen LogP contribution is -2.16. The highest BCUT2D eigenvalue weighted by molar-refractivity contribution is 7.90. The molecule has 1 aromatic heterocycles. The van der Waals surface area contributed by atoms with Crippen LogP contribution in [-0.4, -0.2) is 29.6 Å². The van der Waals surface area contributed by atoms with Gasteiger partial charge < -0.3 is 5.11 Å². The molecule has 0 radical (unpaired) electrons. The summed E-state index contributed by atoms with van der Waals surface area (Å²) in [7, 11) is -3.34. The van der Waals surface area contributed by atoms with E-state index in [0.717, 1.165) is 11.1 Å². The van der Waals surface area contributed by atoms with Crippen molar-refractivity contribution in [2.24, 2.45) is 0 Å². The first-order chi connectivity index (χ1) is 15.9.